The van der Waals surface area contributed by atoms with Crippen molar-refractivity contribution in [3.05, 3.63) is 71.9 Å². The number of para-hydroxylation sites is 1. The molecule has 1 aliphatic heterocycles. The smallest absolute Gasteiger partial charge is 0.0643 e. The van der Waals surface area contributed by atoms with E-state index in [9.17, 15) is 0 Å². The molecule has 0 spiro atoms. The summed E-state index contributed by atoms with van der Waals surface area (Å²) in [6.07, 6.45) is 3.73. The maximum Gasteiger partial charge on any atom is 0.0643 e. The number of aliphatic imine (C=N–C) groups is 1. The highest BCUT2D eigenvalue weighted by Gasteiger charge is 2.06. The number of benzene rings is 2. The normalized spacial score (nSPS) is 13.3. The Labute approximate surface area is 100 Å². The summed E-state index contributed by atoms with van der Waals surface area (Å²) in [5.41, 5.74) is 4.35. The first-order valence-corrected chi connectivity index (χ1v) is 5.58. The van der Waals surface area contributed by atoms with E-state index in [1.807, 2.05) is 48.8 Å². The molecule has 0 unspecified atom stereocenters. The summed E-state index contributed by atoms with van der Waals surface area (Å²) < 4.78 is 0. The first-order chi connectivity index (χ1) is 8.43. The molecule has 1 aliphatic rings. The van der Waals surface area contributed by atoms with Gasteiger partial charge in [0.15, 0.2) is 0 Å². The highest BCUT2D eigenvalue weighted by Crippen LogP contribution is 2.23. The van der Waals surface area contributed by atoms with Gasteiger partial charge in [-0.15, -0.1) is 0 Å². The fourth-order valence-electron chi connectivity index (χ4n) is 1.86. The Hall–Kier alpha value is -2.35. The van der Waals surface area contributed by atoms with Crippen molar-refractivity contribution in [2.24, 2.45) is 4.99 Å². The van der Waals surface area contributed by atoms with Crippen LogP contribution in [0.25, 0.3) is 5.70 Å². The zero-order valence-corrected chi connectivity index (χ0v) is 9.30. The van der Waals surface area contributed by atoms with Crippen molar-refractivity contribution in [1.82, 2.24) is 0 Å². The van der Waals surface area contributed by atoms with E-state index >= 15 is 0 Å². The monoisotopic (exact) mass is 220 g/mol. The topological polar surface area (TPSA) is 24.4 Å². The van der Waals surface area contributed by atoms with Crippen LogP contribution in [0.15, 0.2) is 65.8 Å². The first-order valence-electron chi connectivity index (χ1n) is 5.58. The molecule has 0 aliphatic carbocycles. The number of fused-ring (bicyclic) bond motifs is 1. The largest absolute Gasteiger partial charge is 0.353 e. The highest BCUT2D eigenvalue weighted by atomic mass is 14.9. The maximum absolute atomic E-state index is 4.32. The van der Waals surface area contributed by atoms with Crippen molar-refractivity contribution in [2.75, 3.05) is 5.32 Å². The fraction of sp³-hybridized carbons (Fsp3) is 0. The van der Waals surface area contributed by atoms with Gasteiger partial charge in [-0.2, -0.15) is 0 Å². The van der Waals surface area contributed by atoms with Crippen molar-refractivity contribution in [3.8, 4) is 0 Å². The van der Waals surface area contributed by atoms with Gasteiger partial charge in [0.2, 0.25) is 0 Å². The average Bonchev–Trinajstić information content (AvgIpc) is 2.62. The molecule has 0 atom stereocenters. The van der Waals surface area contributed by atoms with E-state index in [0.717, 1.165) is 22.5 Å². The zero-order valence-electron chi connectivity index (χ0n) is 9.30. The number of nitrogens with zero attached hydrogens (tertiary/aromatic N) is 1. The van der Waals surface area contributed by atoms with Gasteiger partial charge >= 0.3 is 0 Å². The average molecular weight is 220 g/mol. The van der Waals surface area contributed by atoms with E-state index < -0.39 is 0 Å². The third-order valence-corrected chi connectivity index (χ3v) is 2.73. The van der Waals surface area contributed by atoms with Gasteiger partial charge in [-0.1, -0.05) is 48.5 Å². The summed E-state index contributed by atoms with van der Waals surface area (Å²) in [5.74, 6) is 0. The van der Waals surface area contributed by atoms with Gasteiger partial charge in [-0.25, -0.2) is 0 Å². The van der Waals surface area contributed by atoms with E-state index in [1.165, 1.54) is 0 Å². The van der Waals surface area contributed by atoms with Crippen LogP contribution in [0.3, 0.4) is 0 Å². The van der Waals surface area contributed by atoms with Gasteiger partial charge in [0.25, 0.3) is 0 Å². The van der Waals surface area contributed by atoms with Crippen molar-refractivity contribution < 1.29 is 0 Å². The number of hydrogen-bond acceptors (Lipinski definition) is 2. The minimum absolute atomic E-state index is 1.02. The lowest BCUT2D eigenvalue weighted by Crippen LogP contribution is -1.99. The van der Waals surface area contributed by atoms with Crippen LogP contribution in [-0.2, 0) is 0 Å². The predicted octanol–water partition coefficient (Wildman–Crippen LogP) is 3.53. The van der Waals surface area contributed by atoms with Crippen LogP contribution in [0, 0.1) is 0 Å². The second kappa shape index (κ2) is 4.26. The Morgan fingerprint density at radius 2 is 1.59 bits per heavy atom. The lowest BCUT2D eigenvalue weighted by molar-refractivity contribution is 1.51. The lowest BCUT2D eigenvalue weighted by atomic mass is 10.1. The Kier molecular flexibility index (Phi) is 2.47. The quantitative estimate of drug-likeness (QED) is 0.781. The summed E-state index contributed by atoms with van der Waals surface area (Å²) in [7, 11) is 0. The Bertz CT molecular complexity index is 583. The molecular formula is C15H12N2. The predicted molar refractivity (Wildman–Crippen MR) is 72.1 cm³/mol. The molecule has 2 aromatic rings. The zero-order chi connectivity index (χ0) is 11.5. The van der Waals surface area contributed by atoms with Crippen molar-refractivity contribution in [1.29, 1.82) is 0 Å². The van der Waals surface area contributed by atoms with Gasteiger partial charge in [-0.05, 0) is 11.6 Å². The standard InChI is InChI=1S/C15H12N2/c1-2-6-12(7-3-1)15-11-16-10-13-8-4-5-9-14(13)17-15/h1-11,17H. The molecule has 0 amide bonds. The molecule has 0 bridgehead atoms. The molecule has 3 rings (SSSR count). The van der Waals surface area contributed by atoms with Gasteiger partial charge in [0.05, 0.1) is 11.9 Å². The van der Waals surface area contributed by atoms with Crippen LogP contribution in [0.5, 0.6) is 0 Å². The van der Waals surface area contributed by atoms with E-state index in [1.54, 1.807) is 0 Å². The minimum Gasteiger partial charge on any atom is -0.353 e. The minimum atomic E-state index is 1.02. The fourth-order valence-corrected chi connectivity index (χ4v) is 1.86. The van der Waals surface area contributed by atoms with Crippen molar-refractivity contribution >= 4 is 17.6 Å². The molecule has 82 valence electrons. The summed E-state index contributed by atoms with van der Waals surface area (Å²) in [6.45, 7) is 0. The van der Waals surface area contributed by atoms with Gasteiger partial charge in [0, 0.05) is 17.5 Å². The summed E-state index contributed by atoms with van der Waals surface area (Å²) in [5, 5.41) is 3.41. The number of hydrogen-bond donors (Lipinski definition) is 1. The molecular weight excluding hydrogens is 208 g/mol. The van der Waals surface area contributed by atoms with Crippen LogP contribution in [0.4, 0.5) is 5.69 Å². The summed E-state index contributed by atoms with van der Waals surface area (Å²) in [4.78, 5) is 4.32. The van der Waals surface area contributed by atoms with Crippen LogP contribution >= 0.6 is 0 Å². The molecule has 1 N–H and O–H groups in total. The number of nitrogens with one attached hydrogen (secondary N) is 1. The second-order valence-corrected chi connectivity index (χ2v) is 3.90. The Morgan fingerprint density at radius 3 is 2.47 bits per heavy atom. The molecule has 2 aromatic carbocycles. The number of anilines is 1. The summed E-state index contributed by atoms with van der Waals surface area (Å²) >= 11 is 0. The van der Waals surface area contributed by atoms with E-state index in [2.05, 4.69) is 28.5 Å². The Morgan fingerprint density at radius 1 is 0.824 bits per heavy atom. The molecule has 17 heavy (non-hydrogen) atoms. The van der Waals surface area contributed by atoms with Crippen molar-refractivity contribution in [2.45, 2.75) is 0 Å². The summed E-state index contributed by atoms with van der Waals surface area (Å²) in [6, 6.07) is 18.4. The highest BCUT2D eigenvalue weighted by molar-refractivity contribution is 5.94. The first kappa shape index (κ1) is 9.85. The van der Waals surface area contributed by atoms with E-state index in [-0.39, 0.29) is 0 Å². The third kappa shape index (κ3) is 1.97. The molecule has 1 heterocycles. The van der Waals surface area contributed by atoms with E-state index in [0.29, 0.717) is 0 Å². The van der Waals surface area contributed by atoms with Crippen LogP contribution in [0.1, 0.15) is 11.1 Å². The SMILES string of the molecule is C1=NC=C(c2ccccc2)Nc2ccccc21. The molecule has 0 radical (unpaired) electrons. The lowest BCUT2D eigenvalue weighted by Gasteiger charge is -2.10. The number of rotatable bonds is 1. The molecule has 2 heteroatoms. The van der Waals surface area contributed by atoms with Crippen molar-refractivity contribution in [3.63, 3.8) is 0 Å². The van der Waals surface area contributed by atoms with Crippen LogP contribution < -0.4 is 5.32 Å². The Balaban J connectivity index is 2.02. The molecule has 0 aromatic heterocycles. The molecule has 0 saturated carbocycles. The van der Waals surface area contributed by atoms with E-state index in [4.69, 9.17) is 0 Å². The van der Waals surface area contributed by atoms with Gasteiger partial charge in [0.1, 0.15) is 0 Å². The van der Waals surface area contributed by atoms with Crippen LogP contribution in [0.2, 0.25) is 0 Å². The second-order valence-electron chi connectivity index (χ2n) is 3.90. The van der Waals surface area contributed by atoms with Crippen LogP contribution in [-0.4, -0.2) is 6.21 Å². The third-order valence-electron chi connectivity index (χ3n) is 2.73. The molecule has 0 fully saturated rings. The molecule has 2 nitrogen and oxygen atoms in total. The molecule has 0 saturated heterocycles. The van der Waals surface area contributed by atoms with Gasteiger partial charge in [-0.3, -0.25) is 4.99 Å². The van der Waals surface area contributed by atoms with Gasteiger partial charge < -0.3 is 5.32 Å². The maximum atomic E-state index is 4.32.